The number of rotatable bonds is 8. The van der Waals surface area contributed by atoms with E-state index >= 15 is 0 Å². The molecule has 1 N–H and O–H groups in total. The second-order valence-electron chi connectivity index (χ2n) is 14.6. The highest BCUT2D eigenvalue weighted by atomic mass is 28.4. The average Bonchev–Trinajstić information content (AvgIpc) is 3.42. The Morgan fingerprint density at radius 1 is 0.933 bits per heavy atom. The van der Waals surface area contributed by atoms with Gasteiger partial charge in [-0.3, -0.25) is 23.9 Å². The van der Waals surface area contributed by atoms with Crippen LogP contribution < -0.4 is 11.2 Å². The molecule has 3 atom stereocenters. The lowest BCUT2D eigenvalue weighted by Crippen LogP contribution is -2.48. The number of hydrogen-bond acceptors (Lipinski definition) is 8. The fourth-order valence-electron chi connectivity index (χ4n) is 4.51. The standard InChI is InChI=1S/C32H45N3O8Si2/c1-31(2,3)44(7,8)41-20-25-24(43-45(9,10)32(4,5)6)18-26(42-25)34-19-21(27(36)33-30(34)39)14-13-17-40-35-28(37)22-15-11-12-16-23(22)29(35)38/h11-12,15-16,19,24-26H,17-18,20H2,1-10H3,(H,33,36,39)/t24?,25-,26-/m1/s1. The molecule has 3 heterocycles. The van der Waals surface area contributed by atoms with Gasteiger partial charge in [0, 0.05) is 12.6 Å². The van der Waals surface area contributed by atoms with Crippen LogP contribution in [0.5, 0.6) is 0 Å². The number of H-pyrrole nitrogens is 1. The summed E-state index contributed by atoms with van der Waals surface area (Å²) in [5, 5.41) is 0.626. The highest BCUT2D eigenvalue weighted by Gasteiger charge is 2.47. The van der Waals surface area contributed by atoms with E-state index in [1.54, 1.807) is 24.3 Å². The van der Waals surface area contributed by atoms with Crippen LogP contribution in [0.4, 0.5) is 0 Å². The summed E-state index contributed by atoms with van der Waals surface area (Å²) in [7, 11) is -4.31. The van der Waals surface area contributed by atoms with E-state index in [-0.39, 0.29) is 39.5 Å². The number of nitrogens with zero attached hydrogens (tertiary/aromatic N) is 2. The first-order valence-electron chi connectivity index (χ1n) is 15.2. The van der Waals surface area contributed by atoms with E-state index < -0.39 is 52.0 Å². The van der Waals surface area contributed by atoms with Gasteiger partial charge in [-0.05, 0) is 48.4 Å². The monoisotopic (exact) mass is 655 g/mol. The number of nitrogens with one attached hydrogen (secondary N) is 1. The molecule has 4 rings (SSSR count). The summed E-state index contributed by atoms with van der Waals surface area (Å²) >= 11 is 0. The second kappa shape index (κ2) is 12.6. The number of benzene rings is 1. The predicted octanol–water partition coefficient (Wildman–Crippen LogP) is 4.82. The Labute approximate surface area is 266 Å². The second-order valence-corrected chi connectivity index (χ2v) is 24.2. The molecule has 2 aliphatic heterocycles. The molecule has 0 saturated carbocycles. The number of ether oxygens (including phenoxy) is 1. The molecule has 45 heavy (non-hydrogen) atoms. The van der Waals surface area contributed by atoms with Crippen molar-refractivity contribution in [3.8, 4) is 11.8 Å². The van der Waals surface area contributed by atoms with E-state index in [4.69, 9.17) is 18.4 Å². The van der Waals surface area contributed by atoms with Gasteiger partial charge in [-0.15, -0.1) is 5.06 Å². The Hall–Kier alpha value is -3.13. The van der Waals surface area contributed by atoms with Crippen molar-refractivity contribution in [1.29, 1.82) is 0 Å². The van der Waals surface area contributed by atoms with Crippen LogP contribution in [0.25, 0.3) is 0 Å². The van der Waals surface area contributed by atoms with E-state index in [1.165, 1.54) is 10.8 Å². The number of amides is 2. The number of hydroxylamine groups is 2. The number of fused-ring (bicyclic) bond motifs is 1. The van der Waals surface area contributed by atoms with Crippen molar-refractivity contribution in [3.63, 3.8) is 0 Å². The van der Waals surface area contributed by atoms with Crippen LogP contribution >= 0.6 is 0 Å². The fraction of sp³-hybridized carbons (Fsp3) is 0.562. The van der Waals surface area contributed by atoms with Gasteiger partial charge < -0.3 is 13.6 Å². The number of carbonyl (C=O) groups is 2. The minimum atomic E-state index is -2.21. The molecule has 11 nitrogen and oxygen atoms in total. The van der Waals surface area contributed by atoms with Crippen molar-refractivity contribution < 1.29 is 28.0 Å². The van der Waals surface area contributed by atoms with Crippen LogP contribution in [0, 0.1) is 11.8 Å². The Bertz CT molecular complexity index is 1600. The highest BCUT2D eigenvalue weighted by Crippen LogP contribution is 2.42. The zero-order chi connectivity index (χ0) is 33.5. The predicted molar refractivity (Wildman–Crippen MR) is 175 cm³/mol. The Kier molecular flexibility index (Phi) is 9.71. The molecule has 1 saturated heterocycles. The molecule has 2 aliphatic rings. The number of aromatic amines is 1. The van der Waals surface area contributed by atoms with Crippen molar-refractivity contribution in [1.82, 2.24) is 14.6 Å². The molecule has 2 aromatic rings. The van der Waals surface area contributed by atoms with E-state index in [0.717, 1.165) is 0 Å². The molecule has 13 heteroatoms. The van der Waals surface area contributed by atoms with Gasteiger partial charge in [0.15, 0.2) is 16.6 Å². The van der Waals surface area contributed by atoms with Gasteiger partial charge in [-0.25, -0.2) is 9.63 Å². The lowest BCUT2D eigenvalue weighted by molar-refractivity contribution is -0.0782. The molecule has 0 aliphatic carbocycles. The lowest BCUT2D eigenvalue weighted by Gasteiger charge is -2.40. The molecule has 0 bridgehead atoms. The normalized spacial score (nSPS) is 20.8. The zero-order valence-corrected chi connectivity index (χ0v) is 29.9. The molecule has 1 fully saturated rings. The first-order chi connectivity index (χ1) is 20.7. The summed E-state index contributed by atoms with van der Waals surface area (Å²) in [6.07, 6.45) is 0.301. The maximum atomic E-state index is 13.0. The molecule has 244 valence electrons. The number of hydrogen-bond donors (Lipinski definition) is 1. The molecule has 0 spiro atoms. The smallest absolute Gasteiger partial charge is 0.330 e. The summed E-state index contributed by atoms with van der Waals surface area (Å²) in [5.41, 5.74) is -0.796. The van der Waals surface area contributed by atoms with Gasteiger partial charge in [0.25, 0.3) is 17.4 Å². The van der Waals surface area contributed by atoms with Gasteiger partial charge in [0.1, 0.15) is 24.5 Å². The summed E-state index contributed by atoms with van der Waals surface area (Å²) in [5.74, 6) is 4.20. The summed E-state index contributed by atoms with van der Waals surface area (Å²) in [4.78, 5) is 58.3. The maximum Gasteiger partial charge on any atom is 0.330 e. The van der Waals surface area contributed by atoms with Crippen LogP contribution in [-0.2, 0) is 18.4 Å². The minimum Gasteiger partial charge on any atom is -0.414 e. The number of aromatic nitrogens is 2. The van der Waals surface area contributed by atoms with E-state index in [0.29, 0.717) is 18.1 Å². The van der Waals surface area contributed by atoms with Crippen molar-refractivity contribution in [3.05, 3.63) is 68.0 Å². The Morgan fingerprint density at radius 3 is 2.07 bits per heavy atom. The Balaban J connectivity index is 1.53. The van der Waals surface area contributed by atoms with Crippen molar-refractivity contribution in [2.75, 3.05) is 13.2 Å². The largest absolute Gasteiger partial charge is 0.414 e. The summed E-state index contributed by atoms with van der Waals surface area (Å²) in [6, 6.07) is 6.41. The lowest BCUT2D eigenvalue weighted by atomic mass is 10.1. The topological polar surface area (TPSA) is 129 Å². The maximum absolute atomic E-state index is 13.0. The molecule has 1 aromatic carbocycles. The first kappa shape index (κ1) is 34.7. The van der Waals surface area contributed by atoms with Crippen LogP contribution in [-0.4, -0.2) is 68.5 Å². The third-order valence-corrected chi connectivity index (χ3v) is 18.4. The first-order valence-corrected chi connectivity index (χ1v) is 21.0. The van der Waals surface area contributed by atoms with Gasteiger partial charge in [0.2, 0.25) is 0 Å². The SMILES string of the molecule is CC(C)(C)[Si](C)(C)OC[C@H]1O[C@@H](n2cc(C#CCON3C(=O)c4ccccc4C3=O)c(=O)[nH]c2=O)CC1O[Si](C)(C)C(C)(C)C. The molecular formula is C32H45N3O8Si2. The molecule has 2 amide bonds. The van der Waals surface area contributed by atoms with Crippen LogP contribution in [0.2, 0.25) is 36.3 Å². The van der Waals surface area contributed by atoms with Gasteiger partial charge in [-0.2, -0.15) is 0 Å². The third-order valence-electron chi connectivity index (χ3n) is 9.37. The molecule has 0 radical (unpaired) electrons. The molecular weight excluding hydrogens is 611 g/mol. The third kappa shape index (κ3) is 7.32. The van der Waals surface area contributed by atoms with Crippen molar-refractivity contribution in [2.45, 2.75) is 103 Å². The number of imide groups is 1. The summed E-state index contributed by atoms with van der Waals surface area (Å²) < 4.78 is 21.1. The van der Waals surface area contributed by atoms with Crippen LogP contribution in [0.1, 0.15) is 80.5 Å². The van der Waals surface area contributed by atoms with Crippen LogP contribution in [0.3, 0.4) is 0 Å². The average molecular weight is 656 g/mol. The quantitative estimate of drug-likeness (QED) is 0.244. The fourth-order valence-corrected chi connectivity index (χ4v) is 6.88. The Morgan fingerprint density at radius 2 is 1.51 bits per heavy atom. The molecule has 1 unspecified atom stereocenters. The van der Waals surface area contributed by atoms with Gasteiger partial charge >= 0.3 is 5.69 Å². The number of carbonyl (C=O) groups excluding carboxylic acids is 2. The highest BCUT2D eigenvalue weighted by molar-refractivity contribution is 6.74. The zero-order valence-electron chi connectivity index (χ0n) is 27.9. The van der Waals surface area contributed by atoms with Gasteiger partial charge in [0.05, 0.1) is 23.8 Å². The molecule has 1 aromatic heterocycles. The van der Waals surface area contributed by atoms with E-state index in [9.17, 15) is 19.2 Å². The summed E-state index contributed by atoms with van der Waals surface area (Å²) in [6.45, 7) is 21.7. The van der Waals surface area contributed by atoms with Crippen molar-refractivity contribution in [2.24, 2.45) is 0 Å². The minimum absolute atomic E-state index is 0.00648. The van der Waals surface area contributed by atoms with Crippen LogP contribution in [0.15, 0.2) is 40.1 Å². The van der Waals surface area contributed by atoms with Gasteiger partial charge in [-0.1, -0.05) is 65.5 Å². The van der Waals surface area contributed by atoms with Crippen molar-refractivity contribution >= 4 is 28.4 Å². The van der Waals surface area contributed by atoms with E-state index in [1.807, 2.05) is 0 Å². The van der Waals surface area contributed by atoms with E-state index in [2.05, 4.69) is 84.6 Å².